The van der Waals surface area contributed by atoms with E-state index in [1.807, 2.05) is 25.7 Å². The van der Waals surface area contributed by atoms with Gasteiger partial charge in [-0.25, -0.2) is 4.79 Å². The summed E-state index contributed by atoms with van der Waals surface area (Å²) in [6, 6.07) is 7.36. The van der Waals surface area contributed by atoms with Crippen molar-refractivity contribution in [3.8, 4) is 0 Å². The van der Waals surface area contributed by atoms with Crippen LogP contribution in [0.5, 0.6) is 0 Å². The summed E-state index contributed by atoms with van der Waals surface area (Å²) in [4.78, 5) is 19.7. The lowest BCUT2D eigenvalue weighted by molar-refractivity contribution is 0.00930. The molecule has 2 aliphatic rings. The minimum atomic E-state index is -0.484. The van der Waals surface area contributed by atoms with E-state index in [9.17, 15) is 4.79 Å². The van der Waals surface area contributed by atoms with Crippen LogP contribution in [-0.2, 0) is 17.7 Å². The maximum absolute atomic E-state index is 13.0. The molecule has 0 radical (unpaired) electrons. The molecule has 0 spiro atoms. The number of anilines is 1. The molecule has 5 heteroatoms. The molecule has 0 N–H and O–H groups in total. The van der Waals surface area contributed by atoms with Crippen LogP contribution >= 0.6 is 0 Å². The SMILES string of the molecule is CCC1CC(C)CN1c1cccc2c1CC(CN(C)C)N(C(=O)OC(C)(C)C)C2. The molecule has 162 valence electrons. The molecule has 0 aromatic heterocycles. The highest BCUT2D eigenvalue weighted by Gasteiger charge is 2.36. The Morgan fingerprint density at radius 3 is 2.59 bits per heavy atom. The second-order valence-electron chi connectivity index (χ2n) is 10.2. The number of carbonyl (C=O) groups excluding carboxylic acids is 1. The summed E-state index contributed by atoms with van der Waals surface area (Å²) in [7, 11) is 4.15. The number of nitrogens with zero attached hydrogens (tertiary/aromatic N) is 3. The van der Waals surface area contributed by atoms with Gasteiger partial charge in [0.2, 0.25) is 0 Å². The first-order valence-corrected chi connectivity index (χ1v) is 11.1. The molecule has 1 aromatic carbocycles. The molecular formula is C24H39N3O2. The number of hydrogen-bond donors (Lipinski definition) is 0. The Morgan fingerprint density at radius 2 is 1.97 bits per heavy atom. The highest BCUT2D eigenvalue weighted by molar-refractivity contribution is 5.70. The second kappa shape index (κ2) is 8.55. The van der Waals surface area contributed by atoms with Gasteiger partial charge < -0.3 is 14.5 Å². The molecule has 1 fully saturated rings. The molecule has 0 saturated carbocycles. The number of likely N-dealkylation sites (N-methyl/N-ethyl adjacent to an activating group) is 1. The van der Waals surface area contributed by atoms with Crippen LogP contribution in [0.1, 0.15) is 58.6 Å². The van der Waals surface area contributed by atoms with Crippen molar-refractivity contribution in [3.63, 3.8) is 0 Å². The fraction of sp³-hybridized carbons (Fsp3) is 0.708. The van der Waals surface area contributed by atoms with Gasteiger partial charge in [-0.05, 0) is 77.2 Å². The van der Waals surface area contributed by atoms with Crippen LogP contribution in [-0.4, -0.2) is 60.8 Å². The lowest BCUT2D eigenvalue weighted by Gasteiger charge is -2.40. The lowest BCUT2D eigenvalue weighted by atomic mass is 9.91. The van der Waals surface area contributed by atoms with Gasteiger partial charge in [-0.1, -0.05) is 26.0 Å². The first-order chi connectivity index (χ1) is 13.6. The molecule has 2 aliphatic heterocycles. The third-order valence-corrected chi connectivity index (χ3v) is 6.08. The molecular weight excluding hydrogens is 362 g/mol. The van der Waals surface area contributed by atoms with Gasteiger partial charge in [0.25, 0.3) is 0 Å². The Labute approximate surface area is 177 Å². The number of hydrogen-bond acceptors (Lipinski definition) is 4. The zero-order valence-corrected chi connectivity index (χ0v) is 19.4. The zero-order valence-electron chi connectivity index (χ0n) is 19.4. The van der Waals surface area contributed by atoms with E-state index in [4.69, 9.17) is 4.74 Å². The minimum Gasteiger partial charge on any atom is -0.444 e. The molecule has 1 amide bonds. The van der Waals surface area contributed by atoms with Crippen LogP contribution in [0.4, 0.5) is 10.5 Å². The molecule has 0 bridgehead atoms. The molecule has 3 rings (SSSR count). The summed E-state index contributed by atoms with van der Waals surface area (Å²) < 4.78 is 5.74. The molecule has 29 heavy (non-hydrogen) atoms. The van der Waals surface area contributed by atoms with Crippen LogP contribution in [0.15, 0.2) is 18.2 Å². The average Bonchev–Trinajstić information content (AvgIpc) is 2.99. The van der Waals surface area contributed by atoms with Crippen molar-refractivity contribution in [1.82, 2.24) is 9.80 Å². The van der Waals surface area contributed by atoms with Gasteiger partial charge in [-0.2, -0.15) is 0 Å². The van der Waals surface area contributed by atoms with Gasteiger partial charge in [0, 0.05) is 31.4 Å². The van der Waals surface area contributed by atoms with Gasteiger partial charge in [-0.3, -0.25) is 4.90 Å². The molecule has 5 nitrogen and oxygen atoms in total. The molecule has 3 atom stereocenters. The summed E-state index contributed by atoms with van der Waals surface area (Å²) >= 11 is 0. The molecule has 1 saturated heterocycles. The fourth-order valence-corrected chi connectivity index (χ4v) is 4.88. The topological polar surface area (TPSA) is 36.0 Å². The third-order valence-electron chi connectivity index (χ3n) is 6.08. The second-order valence-corrected chi connectivity index (χ2v) is 10.2. The van der Waals surface area contributed by atoms with Crippen LogP contribution in [0.2, 0.25) is 0 Å². The van der Waals surface area contributed by atoms with Crippen molar-refractivity contribution >= 4 is 11.8 Å². The van der Waals surface area contributed by atoms with E-state index in [1.165, 1.54) is 29.7 Å². The fourth-order valence-electron chi connectivity index (χ4n) is 4.88. The van der Waals surface area contributed by atoms with Crippen molar-refractivity contribution in [2.45, 2.75) is 78.1 Å². The normalized spacial score (nSPS) is 24.8. The molecule has 2 heterocycles. The van der Waals surface area contributed by atoms with Crippen molar-refractivity contribution in [2.75, 3.05) is 32.1 Å². The van der Waals surface area contributed by atoms with E-state index >= 15 is 0 Å². The number of fused-ring (bicyclic) bond motifs is 1. The maximum atomic E-state index is 13.0. The van der Waals surface area contributed by atoms with Crippen molar-refractivity contribution in [3.05, 3.63) is 29.3 Å². The standard InChI is InChI=1S/C24H39N3O2/c1-8-19-12-17(2)14-26(19)22-11-9-10-18-15-27(23(28)29-24(3,4)5)20(13-21(18)22)16-25(6)7/h9-11,17,19-20H,8,12-16H2,1-7H3. The number of amides is 1. The quantitative estimate of drug-likeness (QED) is 0.742. The molecule has 0 aliphatic carbocycles. The summed E-state index contributed by atoms with van der Waals surface area (Å²) in [5.41, 5.74) is 3.58. The number of rotatable bonds is 4. The zero-order chi connectivity index (χ0) is 21.3. The minimum absolute atomic E-state index is 0.119. The third kappa shape index (κ3) is 5.06. The van der Waals surface area contributed by atoms with E-state index in [2.05, 4.69) is 55.9 Å². The maximum Gasteiger partial charge on any atom is 0.410 e. The van der Waals surface area contributed by atoms with Crippen molar-refractivity contribution < 1.29 is 9.53 Å². The van der Waals surface area contributed by atoms with Crippen LogP contribution in [0.25, 0.3) is 0 Å². The van der Waals surface area contributed by atoms with Crippen LogP contribution in [0.3, 0.4) is 0 Å². The largest absolute Gasteiger partial charge is 0.444 e. The smallest absolute Gasteiger partial charge is 0.410 e. The van der Waals surface area contributed by atoms with Crippen molar-refractivity contribution in [1.29, 1.82) is 0 Å². The van der Waals surface area contributed by atoms with E-state index in [-0.39, 0.29) is 12.1 Å². The predicted molar refractivity (Wildman–Crippen MR) is 119 cm³/mol. The summed E-state index contributed by atoms with van der Waals surface area (Å²) in [5.74, 6) is 0.732. The van der Waals surface area contributed by atoms with E-state index in [0.717, 1.165) is 25.4 Å². The highest BCUT2D eigenvalue weighted by Crippen LogP contribution is 2.37. The number of benzene rings is 1. The Hall–Kier alpha value is -1.75. The molecule has 1 aromatic rings. The first-order valence-electron chi connectivity index (χ1n) is 11.1. The van der Waals surface area contributed by atoms with Gasteiger partial charge >= 0.3 is 6.09 Å². The van der Waals surface area contributed by atoms with E-state index in [0.29, 0.717) is 12.6 Å². The first kappa shape index (κ1) is 21.9. The van der Waals surface area contributed by atoms with E-state index < -0.39 is 5.60 Å². The Kier molecular flexibility index (Phi) is 6.47. The summed E-state index contributed by atoms with van der Waals surface area (Å²) in [6.07, 6.45) is 3.12. The summed E-state index contributed by atoms with van der Waals surface area (Å²) in [6.45, 7) is 13.0. The van der Waals surface area contributed by atoms with Crippen LogP contribution < -0.4 is 4.90 Å². The van der Waals surface area contributed by atoms with Gasteiger partial charge in [0.05, 0.1) is 6.04 Å². The number of carbonyl (C=O) groups is 1. The highest BCUT2D eigenvalue weighted by atomic mass is 16.6. The van der Waals surface area contributed by atoms with Crippen LogP contribution in [0, 0.1) is 5.92 Å². The van der Waals surface area contributed by atoms with Gasteiger partial charge in [0.1, 0.15) is 5.60 Å². The Morgan fingerprint density at radius 1 is 1.24 bits per heavy atom. The Balaban J connectivity index is 1.93. The number of ether oxygens (including phenoxy) is 1. The van der Waals surface area contributed by atoms with Crippen molar-refractivity contribution in [2.24, 2.45) is 5.92 Å². The average molecular weight is 402 g/mol. The van der Waals surface area contributed by atoms with Gasteiger partial charge in [0.15, 0.2) is 0 Å². The monoisotopic (exact) mass is 401 g/mol. The predicted octanol–water partition coefficient (Wildman–Crippen LogP) is 4.53. The Bertz CT molecular complexity index is 725. The van der Waals surface area contributed by atoms with E-state index in [1.54, 1.807) is 0 Å². The lowest BCUT2D eigenvalue weighted by Crippen LogP contribution is -2.50. The molecule has 3 unspecified atom stereocenters. The summed E-state index contributed by atoms with van der Waals surface area (Å²) in [5, 5.41) is 0. The van der Waals surface area contributed by atoms with Gasteiger partial charge in [-0.15, -0.1) is 0 Å².